The molecule has 0 unspecified atom stereocenters. The molecule has 0 N–H and O–H groups in total. The number of carbonyl (C=O) groups excluding carboxylic acids is 1. The predicted octanol–water partition coefficient (Wildman–Crippen LogP) is 3.23. The van der Waals surface area contributed by atoms with E-state index < -0.39 is 29.3 Å². The van der Waals surface area contributed by atoms with Crippen LogP contribution in [0.25, 0.3) is 0 Å². The molecule has 7 heteroatoms. The molecule has 5 nitrogen and oxygen atoms in total. The maximum Gasteiger partial charge on any atom is 0.210 e. The van der Waals surface area contributed by atoms with Gasteiger partial charge in [-0.25, -0.2) is 8.78 Å². The molecule has 3 rings (SSSR count). The second-order valence-corrected chi connectivity index (χ2v) is 7.89. The summed E-state index contributed by atoms with van der Waals surface area (Å²) >= 11 is 0. The zero-order valence-electron chi connectivity index (χ0n) is 16.0. The zero-order valence-corrected chi connectivity index (χ0v) is 16.0. The first kappa shape index (κ1) is 19.6. The standard InChI is InChI=1S/C20H26F2N2O3/c1-20(2,3)24(13-25)18-11-15(23-6-8-26-9-7-23)12-27-19(18)16-10-14(21)4-5-17(16)22/h4-5,10,12-13,18-19H,6-9,11H2,1-3H3/t18-,19+/m0/s1. The van der Waals surface area contributed by atoms with Crippen LogP contribution in [0.1, 0.15) is 38.9 Å². The number of carbonyl (C=O) groups is 1. The zero-order chi connectivity index (χ0) is 19.6. The van der Waals surface area contributed by atoms with Gasteiger partial charge in [0.1, 0.15) is 24.0 Å². The summed E-state index contributed by atoms with van der Waals surface area (Å²) < 4.78 is 39.5. The van der Waals surface area contributed by atoms with Crippen LogP contribution in [0, 0.1) is 11.6 Å². The van der Waals surface area contributed by atoms with Crippen molar-refractivity contribution in [1.82, 2.24) is 9.80 Å². The fourth-order valence-electron chi connectivity index (χ4n) is 3.66. The highest BCUT2D eigenvalue weighted by Gasteiger charge is 2.40. The van der Waals surface area contributed by atoms with E-state index in [2.05, 4.69) is 4.90 Å². The number of halogens is 2. The molecular formula is C20H26F2N2O3. The summed E-state index contributed by atoms with van der Waals surface area (Å²) in [6.45, 7) is 8.45. The lowest BCUT2D eigenvalue weighted by Crippen LogP contribution is -2.52. The number of amides is 1. The summed E-state index contributed by atoms with van der Waals surface area (Å²) in [5.41, 5.74) is 0.562. The van der Waals surface area contributed by atoms with Crippen molar-refractivity contribution in [2.45, 2.75) is 44.9 Å². The van der Waals surface area contributed by atoms with Crippen molar-refractivity contribution in [3.05, 3.63) is 47.4 Å². The Hall–Kier alpha value is -2.15. The van der Waals surface area contributed by atoms with E-state index in [-0.39, 0.29) is 5.56 Å². The van der Waals surface area contributed by atoms with E-state index in [0.29, 0.717) is 19.6 Å². The molecule has 2 atom stereocenters. The van der Waals surface area contributed by atoms with Gasteiger partial charge in [0.25, 0.3) is 0 Å². The maximum absolute atomic E-state index is 14.4. The molecule has 27 heavy (non-hydrogen) atoms. The van der Waals surface area contributed by atoms with Crippen LogP contribution in [0.3, 0.4) is 0 Å². The van der Waals surface area contributed by atoms with Crippen LogP contribution in [-0.4, -0.2) is 54.1 Å². The number of nitrogens with zero attached hydrogens (tertiary/aromatic N) is 2. The molecule has 1 amide bonds. The van der Waals surface area contributed by atoms with E-state index in [4.69, 9.17) is 9.47 Å². The van der Waals surface area contributed by atoms with Gasteiger partial charge in [0.05, 0.1) is 25.0 Å². The van der Waals surface area contributed by atoms with E-state index in [1.54, 1.807) is 11.2 Å². The van der Waals surface area contributed by atoms with Gasteiger partial charge < -0.3 is 19.3 Å². The van der Waals surface area contributed by atoms with Crippen LogP contribution in [0.5, 0.6) is 0 Å². The van der Waals surface area contributed by atoms with Crippen LogP contribution in [0.4, 0.5) is 8.78 Å². The van der Waals surface area contributed by atoms with Gasteiger partial charge in [0.2, 0.25) is 6.41 Å². The van der Waals surface area contributed by atoms with Gasteiger partial charge in [0.15, 0.2) is 0 Å². The summed E-state index contributed by atoms with van der Waals surface area (Å²) in [4.78, 5) is 15.7. The average molecular weight is 380 g/mol. The summed E-state index contributed by atoms with van der Waals surface area (Å²) in [6.07, 6.45) is 2.09. The average Bonchev–Trinajstić information content (AvgIpc) is 2.64. The van der Waals surface area contributed by atoms with Gasteiger partial charge >= 0.3 is 0 Å². The highest BCUT2D eigenvalue weighted by atomic mass is 19.1. The molecule has 0 saturated carbocycles. The molecule has 1 aromatic rings. The first-order valence-electron chi connectivity index (χ1n) is 9.17. The first-order chi connectivity index (χ1) is 12.8. The molecule has 0 aliphatic carbocycles. The summed E-state index contributed by atoms with van der Waals surface area (Å²) in [7, 11) is 0. The third-order valence-electron chi connectivity index (χ3n) is 5.05. The van der Waals surface area contributed by atoms with Gasteiger partial charge in [-0.1, -0.05) is 0 Å². The van der Waals surface area contributed by atoms with Gasteiger partial charge in [0, 0.05) is 30.6 Å². The van der Waals surface area contributed by atoms with Crippen molar-refractivity contribution in [2.24, 2.45) is 0 Å². The molecule has 2 aliphatic rings. The molecule has 1 fully saturated rings. The van der Waals surface area contributed by atoms with Crippen molar-refractivity contribution >= 4 is 6.41 Å². The molecule has 2 heterocycles. The fourth-order valence-corrected chi connectivity index (χ4v) is 3.66. The lowest BCUT2D eigenvalue weighted by molar-refractivity contribution is -0.130. The van der Waals surface area contributed by atoms with E-state index in [0.717, 1.165) is 43.4 Å². The molecule has 1 saturated heterocycles. The van der Waals surface area contributed by atoms with E-state index in [1.807, 2.05) is 20.8 Å². The Morgan fingerprint density at radius 3 is 2.56 bits per heavy atom. The van der Waals surface area contributed by atoms with Crippen molar-refractivity contribution in [2.75, 3.05) is 26.3 Å². The third-order valence-corrected chi connectivity index (χ3v) is 5.05. The Bertz CT molecular complexity index is 712. The second kappa shape index (κ2) is 7.84. The van der Waals surface area contributed by atoms with E-state index >= 15 is 0 Å². The van der Waals surface area contributed by atoms with Gasteiger partial charge in [-0.05, 0) is 39.0 Å². The van der Waals surface area contributed by atoms with Crippen molar-refractivity contribution in [1.29, 1.82) is 0 Å². The first-order valence-corrected chi connectivity index (χ1v) is 9.17. The Morgan fingerprint density at radius 2 is 1.93 bits per heavy atom. The van der Waals surface area contributed by atoms with Gasteiger partial charge in [-0.2, -0.15) is 0 Å². The lowest BCUT2D eigenvalue weighted by Gasteiger charge is -2.46. The number of ether oxygens (including phenoxy) is 2. The minimum atomic E-state index is -0.782. The lowest BCUT2D eigenvalue weighted by atomic mass is 9.91. The number of rotatable bonds is 4. The number of hydrogen-bond donors (Lipinski definition) is 0. The number of hydrogen-bond acceptors (Lipinski definition) is 4. The van der Waals surface area contributed by atoms with Crippen molar-refractivity contribution in [3.63, 3.8) is 0 Å². The van der Waals surface area contributed by atoms with Crippen molar-refractivity contribution in [3.8, 4) is 0 Å². The molecule has 0 bridgehead atoms. The topological polar surface area (TPSA) is 42.0 Å². The molecular weight excluding hydrogens is 354 g/mol. The van der Waals surface area contributed by atoms with Crippen LogP contribution in [0.2, 0.25) is 0 Å². The smallest absolute Gasteiger partial charge is 0.210 e. The Balaban J connectivity index is 1.97. The maximum atomic E-state index is 14.4. The van der Waals surface area contributed by atoms with Crippen LogP contribution in [0.15, 0.2) is 30.2 Å². The van der Waals surface area contributed by atoms with Crippen molar-refractivity contribution < 1.29 is 23.0 Å². The quantitative estimate of drug-likeness (QED) is 0.753. The van der Waals surface area contributed by atoms with E-state index in [9.17, 15) is 13.6 Å². The Labute approximate surface area is 158 Å². The number of benzene rings is 1. The summed E-state index contributed by atoms with van der Waals surface area (Å²) in [5, 5.41) is 0. The normalized spacial score (nSPS) is 23.4. The molecule has 0 spiro atoms. The largest absolute Gasteiger partial charge is 0.489 e. The van der Waals surface area contributed by atoms with Crippen LogP contribution in [-0.2, 0) is 14.3 Å². The molecule has 2 aliphatic heterocycles. The summed E-state index contributed by atoms with van der Waals surface area (Å²) in [6, 6.07) is 2.86. The van der Waals surface area contributed by atoms with Gasteiger partial charge in [-0.15, -0.1) is 0 Å². The molecule has 0 radical (unpaired) electrons. The number of morpholine rings is 1. The predicted molar refractivity (Wildman–Crippen MR) is 96.7 cm³/mol. The van der Waals surface area contributed by atoms with Crippen LogP contribution >= 0.6 is 0 Å². The highest BCUT2D eigenvalue weighted by molar-refractivity contribution is 5.50. The third kappa shape index (κ3) is 4.24. The Kier molecular flexibility index (Phi) is 5.69. The SMILES string of the molecule is CC(C)(C)N(C=O)[C@H]1CC(N2CCOCC2)=CO[C@@H]1c1cc(F)ccc1F. The second-order valence-electron chi connectivity index (χ2n) is 7.89. The molecule has 1 aromatic carbocycles. The molecule has 148 valence electrons. The Morgan fingerprint density at radius 1 is 1.22 bits per heavy atom. The van der Waals surface area contributed by atoms with E-state index in [1.165, 1.54) is 0 Å². The highest BCUT2D eigenvalue weighted by Crippen LogP contribution is 2.38. The summed E-state index contributed by atoms with van der Waals surface area (Å²) in [5.74, 6) is -1.08. The van der Waals surface area contributed by atoms with Gasteiger partial charge in [-0.3, -0.25) is 4.79 Å². The monoisotopic (exact) mass is 380 g/mol. The minimum absolute atomic E-state index is 0.119. The molecule has 0 aromatic heterocycles. The minimum Gasteiger partial charge on any atom is -0.489 e. The fraction of sp³-hybridized carbons (Fsp3) is 0.550. The van der Waals surface area contributed by atoms with Crippen LogP contribution < -0.4 is 0 Å².